The molecule has 0 spiro atoms. The van der Waals surface area contributed by atoms with Gasteiger partial charge in [0.25, 0.3) is 5.91 Å². The van der Waals surface area contributed by atoms with E-state index in [2.05, 4.69) is 21.0 Å². The van der Waals surface area contributed by atoms with Gasteiger partial charge in [0.05, 0.1) is 22.4 Å². The molecular formula is C24H25BrF2N4O. The molecule has 3 aromatic rings. The molecular weight excluding hydrogens is 478 g/mol. The number of carbonyl (C=O) groups is 1. The summed E-state index contributed by atoms with van der Waals surface area (Å²) < 4.78 is 30.3. The van der Waals surface area contributed by atoms with Crippen LogP contribution in [0.2, 0.25) is 0 Å². The van der Waals surface area contributed by atoms with Crippen LogP contribution in [0, 0.1) is 25.5 Å². The second kappa shape index (κ2) is 9.50. The number of benzene rings is 2. The van der Waals surface area contributed by atoms with E-state index in [4.69, 9.17) is 0 Å². The van der Waals surface area contributed by atoms with Gasteiger partial charge in [-0.3, -0.25) is 14.4 Å². The Balaban J connectivity index is 1.38. The third kappa shape index (κ3) is 4.76. The minimum Gasteiger partial charge on any atom is -0.336 e. The highest BCUT2D eigenvalue weighted by Crippen LogP contribution is 2.21. The van der Waals surface area contributed by atoms with E-state index >= 15 is 0 Å². The normalized spacial score (nSPS) is 14.7. The van der Waals surface area contributed by atoms with Gasteiger partial charge in [0.15, 0.2) is 11.6 Å². The summed E-state index contributed by atoms with van der Waals surface area (Å²) in [6.45, 7) is 7.20. The summed E-state index contributed by atoms with van der Waals surface area (Å²) in [5.41, 5.74) is 3.98. The van der Waals surface area contributed by atoms with Crippen LogP contribution < -0.4 is 0 Å². The first-order valence-corrected chi connectivity index (χ1v) is 11.4. The molecule has 1 fully saturated rings. The molecule has 1 saturated heterocycles. The Bertz CT molecular complexity index is 1140. The molecule has 0 saturated carbocycles. The molecule has 0 bridgehead atoms. The Morgan fingerprint density at radius 3 is 2.44 bits per heavy atom. The number of piperazine rings is 1. The zero-order chi connectivity index (χ0) is 22.8. The zero-order valence-corrected chi connectivity index (χ0v) is 19.7. The summed E-state index contributed by atoms with van der Waals surface area (Å²) in [5.74, 6) is -1.64. The van der Waals surface area contributed by atoms with E-state index in [0.29, 0.717) is 50.4 Å². The van der Waals surface area contributed by atoms with Gasteiger partial charge in [0.1, 0.15) is 0 Å². The van der Waals surface area contributed by atoms with Crippen LogP contribution in [0.15, 0.2) is 46.9 Å². The molecule has 1 aliphatic heterocycles. The van der Waals surface area contributed by atoms with Crippen molar-refractivity contribution in [1.29, 1.82) is 0 Å². The van der Waals surface area contributed by atoms with Crippen LogP contribution in [0.25, 0.3) is 0 Å². The van der Waals surface area contributed by atoms with Crippen LogP contribution in [0.5, 0.6) is 0 Å². The second-order valence-corrected chi connectivity index (χ2v) is 8.92. The first-order chi connectivity index (χ1) is 15.3. The Hall–Kier alpha value is -2.58. The van der Waals surface area contributed by atoms with Crippen molar-refractivity contribution in [3.05, 3.63) is 86.6 Å². The van der Waals surface area contributed by atoms with Gasteiger partial charge >= 0.3 is 0 Å². The quantitative estimate of drug-likeness (QED) is 0.513. The fourth-order valence-corrected chi connectivity index (χ4v) is 4.29. The molecule has 2 aromatic carbocycles. The number of aryl methyl sites for hydroxylation is 1. The van der Waals surface area contributed by atoms with Crippen molar-refractivity contribution in [2.45, 2.75) is 26.9 Å². The molecule has 4 rings (SSSR count). The molecule has 0 atom stereocenters. The number of amides is 1. The molecule has 32 heavy (non-hydrogen) atoms. The van der Waals surface area contributed by atoms with Crippen molar-refractivity contribution in [1.82, 2.24) is 19.6 Å². The Morgan fingerprint density at radius 2 is 1.75 bits per heavy atom. The highest BCUT2D eigenvalue weighted by molar-refractivity contribution is 9.10. The van der Waals surface area contributed by atoms with E-state index in [9.17, 15) is 13.6 Å². The first-order valence-electron chi connectivity index (χ1n) is 10.6. The average molecular weight is 503 g/mol. The molecule has 168 valence electrons. The number of aromatic nitrogens is 2. The molecule has 8 heteroatoms. The third-order valence-electron chi connectivity index (χ3n) is 5.88. The van der Waals surface area contributed by atoms with Crippen molar-refractivity contribution in [3.63, 3.8) is 0 Å². The van der Waals surface area contributed by atoms with Crippen molar-refractivity contribution in [3.8, 4) is 0 Å². The van der Waals surface area contributed by atoms with E-state index in [1.165, 1.54) is 6.07 Å². The Kier molecular flexibility index (Phi) is 6.71. The fourth-order valence-electron chi connectivity index (χ4n) is 4.01. The Morgan fingerprint density at radius 1 is 1.03 bits per heavy atom. The lowest BCUT2D eigenvalue weighted by Crippen LogP contribution is -2.48. The summed E-state index contributed by atoms with van der Waals surface area (Å²) in [4.78, 5) is 16.9. The topological polar surface area (TPSA) is 41.4 Å². The average Bonchev–Trinajstić information content (AvgIpc) is 3.03. The molecule has 2 heterocycles. The first kappa shape index (κ1) is 22.6. The van der Waals surface area contributed by atoms with Crippen LogP contribution in [0.3, 0.4) is 0 Å². The lowest BCUT2D eigenvalue weighted by Gasteiger charge is -2.35. The SMILES string of the molecule is Cc1nn(Cc2cccc(C(=O)N3CCN(Cc4cccc(F)c4F)CC3)c2)c(C)c1Br. The standard InChI is InChI=1S/C24H25BrF2N4O/c1-16-22(25)17(2)31(28-16)14-18-5-3-6-19(13-18)24(32)30-11-9-29(10-12-30)15-20-7-4-8-21(26)23(20)27/h3-8,13H,9-12,14-15H2,1-2H3. The predicted octanol–water partition coefficient (Wildman–Crippen LogP) is 4.55. The number of nitrogens with zero attached hydrogens (tertiary/aromatic N) is 4. The van der Waals surface area contributed by atoms with Crippen molar-refractivity contribution < 1.29 is 13.6 Å². The molecule has 1 aliphatic rings. The molecule has 1 amide bonds. The van der Waals surface area contributed by atoms with Crippen LogP contribution in [0.1, 0.15) is 32.9 Å². The maximum atomic E-state index is 14.0. The minimum atomic E-state index is -0.830. The molecule has 0 N–H and O–H groups in total. The molecule has 5 nitrogen and oxygen atoms in total. The number of carbonyl (C=O) groups excluding carboxylic acids is 1. The summed E-state index contributed by atoms with van der Waals surface area (Å²) in [5, 5.41) is 4.54. The summed E-state index contributed by atoms with van der Waals surface area (Å²) in [6, 6.07) is 11.9. The largest absolute Gasteiger partial charge is 0.336 e. The van der Waals surface area contributed by atoms with Crippen LogP contribution >= 0.6 is 15.9 Å². The molecule has 0 unspecified atom stereocenters. The van der Waals surface area contributed by atoms with Crippen molar-refractivity contribution in [2.24, 2.45) is 0 Å². The molecule has 0 radical (unpaired) electrons. The predicted molar refractivity (Wildman–Crippen MR) is 122 cm³/mol. The van der Waals surface area contributed by atoms with Gasteiger partial charge in [-0.1, -0.05) is 24.3 Å². The van der Waals surface area contributed by atoms with Crippen LogP contribution in [-0.2, 0) is 13.1 Å². The van der Waals surface area contributed by atoms with Gasteiger partial charge in [-0.15, -0.1) is 0 Å². The summed E-state index contributed by atoms with van der Waals surface area (Å²) >= 11 is 3.55. The minimum absolute atomic E-state index is 0.0158. The molecule has 1 aromatic heterocycles. The van der Waals surface area contributed by atoms with Crippen LogP contribution in [-0.4, -0.2) is 51.7 Å². The number of hydrogen-bond acceptors (Lipinski definition) is 3. The fraction of sp³-hybridized carbons (Fsp3) is 0.333. The van der Waals surface area contributed by atoms with E-state index in [0.717, 1.165) is 27.5 Å². The smallest absolute Gasteiger partial charge is 0.253 e. The van der Waals surface area contributed by atoms with E-state index in [-0.39, 0.29) is 5.91 Å². The summed E-state index contributed by atoms with van der Waals surface area (Å²) in [6.07, 6.45) is 0. The highest BCUT2D eigenvalue weighted by atomic mass is 79.9. The van der Waals surface area contributed by atoms with Crippen molar-refractivity contribution in [2.75, 3.05) is 26.2 Å². The van der Waals surface area contributed by atoms with Crippen molar-refractivity contribution >= 4 is 21.8 Å². The summed E-state index contributed by atoms with van der Waals surface area (Å²) in [7, 11) is 0. The van der Waals surface area contributed by atoms with Gasteiger partial charge < -0.3 is 4.90 Å². The Labute approximate surface area is 194 Å². The lowest BCUT2D eigenvalue weighted by atomic mass is 10.1. The van der Waals surface area contributed by atoms with E-state index in [1.807, 2.05) is 52.6 Å². The lowest BCUT2D eigenvalue weighted by molar-refractivity contribution is 0.0626. The van der Waals surface area contributed by atoms with Gasteiger partial charge in [0.2, 0.25) is 0 Å². The number of halogens is 3. The highest BCUT2D eigenvalue weighted by Gasteiger charge is 2.23. The zero-order valence-electron chi connectivity index (χ0n) is 18.1. The maximum absolute atomic E-state index is 14.0. The van der Waals surface area contributed by atoms with Gasteiger partial charge in [-0.05, 0) is 53.5 Å². The van der Waals surface area contributed by atoms with Gasteiger partial charge in [0, 0.05) is 43.9 Å². The number of hydrogen-bond donors (Lipinski definition) is 0. The molecule has 0 aliphatic carbocycles. The monoisotopic (exact) mass is 502 g/mol. The van der Waals surface area contributed by atoms with Gasteiger partial charge in [-0.2, -0.15) is 5.10 Å². The van der Waals surface area contributed by atoms with Crippen LogP contribution in [0.4, 0.5) is 8.78 Å². The third-order valence-corrected chi connectivity index (χ3v) is 7.03. The van der Waals surface area contributed by atoms with E-state index in [1.54, 1.807) is 6.07 Å². The van der Waals surface area contributed by atoms with Gasteiger partial charge in [-0.25, -0.2) is 8.78 Å². The maximum Gasteiger partial charge on any atom is 0.253 e. The number of rotatable bonds is 5. The van der Waals surface area contributed by atoms with E-state index < -0.39 is 11.6 Å². The second-order valence-electron chi connectivity index (χ2n) is 8.12.